The van der Waals surface area contributed by atoms with Gasteiger partial charge in [0.1, 0.15) is 11.6 Å². The minimum Gasteiger partial charge on any atom is -0.342 e. The highest BCUT2D eigenvalue weighted by atomic mass is 19.1. The van der Waals surface area contributed by atoms with Crippen molar-refractivity contribution in [2.45, 2.75) is 32.2 Å². The summed E-state index contributed by atoms with van der Waals surface area (Å²) in [5, 5.41) is 2.52. The van der Waals surface area contributed by atoms with Gasteiger partial charge in [-0.3, -0.25) is 19.4 Å². The maximum absolute atomic E-state index is 13.7. The summed E-state index contributed by atoms with van der Waals surface area (Å²) in [5.41, 5.74) is -0.0241. The fraction of sp³-hybridized carbons (Fsp3) is 0.600. The van der Waals surface area contributed by atoms with E-state index in [2.05, 4.69) is 10.2 Å². The largest absolute Gasteiger partial charge is 0.342 e. The summed E-state index contributed by atoms with van der Waals surface area (Å²) >= 11 is 0. The van der Waals surface area contributed by atoms with Gasteiger partial charge < -0.3 is 10.2 Å². The number of piperidine rings is 1. The normalized spacial score (nSPS) is 20.0. The Balaban J connectivity index is 1.45. The molecule has 2 fully saturated rings. The molecular weight excluding hydrogens is 366 g/mol. The molecule has 0 saturated carbocycles. The number of piperazine rings is 1. The highest BCUT2D eigenvalue weighted by Gasteiger charge is 2.28. The number of carbonyl (C=O) groups excluding carboxylic acids is 2. The third kappa shape index (κ3) is 5.26. The maximum atomic E-state index is 13.7. The van der Waals surface area contributed by atoms with E-state index in [1.165, 1.54) is 12.5 Å². The number of anilines is 1. The third-order valence-electron chi connectivity index (χ3n) is 5.59. The first-order chi connectivity index (χ1) is 13.4. The number of carbonyl (C=O) groups is 2. The Morgan fingerprint density at radius 1 is 1.04 bits per heavy atom. The molecule has 28 heavy (non-hydrogen) atoms. The highest BCUT2D eigenvalue weighted by Crippen LogP contribution is 2.17. The van der Waals surface area contributed by atoms with Gasteiger partial charge in [0.15, 0.2) is 0 Å². The van der Waals surface area contributed by atoms with E-state index < -0.39 is 17.7 Å². The van der Waals surface area contributed by atoms with Crippen molar-refractivity contribution in [1.29, 1.82) is 0 Å². The molecule has 6 nitrogen and oxygen atoms in total. The average Bonchev–Trinajstić information content (AvgIpc) is 2.70. The average molecular weight is 394 g/mol. The number of likely N-dealkylation sites (tertiary alicyclic amines) is 1. The fourth-order valence-corrected chi connectivity index (χ4v) is 3.74. The molecule has 1 unspecified atom stereocenters. The number of rotatable bonds is 5. The molecule has 2 amide bonds. The van der Waals surface area contributed by atoms with Crippen LogP contribution >= 0.6 is 0 Å². The quantitative estimate of drug-likeness (QED) is 0.829. The molecule has 2 saturated heterocycles. The Morgan fingerprint density at radius 3 is 2.36 bits per heavy atom. The van der Waals surface area contributed by atoms with Crippen molar-refractivity contribution in [3.05, 3.63) is 29.8 Å². The lowest BCUT2D eigenvalue weighted by Crippen LogP contribution is -2.54. The van der Waals surface area contributed by atoms with Crippen LogP contribution in [-0.4, -0.2) is 78.4 Å². The van der Waals surface area contributed by atoms with E-state index in [1.807, 2.05) is 9.80 Å². The fourth-order valence-electron chi connectivity index (χ4n) is 3.74. The van der Waals surface area contributed by atoms with Gasteiger partial charge in [-0.25, -0.2) is 8.78 Å². The standard InChI is InChI=1S/C20H28F2N4O2/c1-15(20(28)23-18-6-5-16(21)13-17(18)22)25-11-9-24(10-12-25)14-19(27)26-7-3-2-4-8-26/h5-6,13,15H,2-4,7-12,14H2,1H3,(H,23,28). The summed E-state index contributed by atoms with van der Waals surface area (Å²) in [6.45, 7) is 6.65. The van der Waals surface area contributed by atoms with Gasteiger partial charge in [-0.1, -0.05) is 0 Å². The smallest absolute Gasteiger partial charge is 0.241 e. The number of amides is 2. The van der Waals surface area contributed by atoms with Crippen LogP contribution < -0.4 is 5.32 Å². The molecular formula is C20H28F2N4O2. The van der Waals surface area contributed by atoms with Crippen LogP contribution in [0.2, 0.25) is 0 Å². The van der Waals surface area contributed by atoms with Crippen LogP contribution in [0.4, 0.5) is 14.5 Å². The molecule has 2 heterocycles. The number of halogens is 2. The SMILES string of the molecule is CC(C(=O)Nc1ccc(F)cc1F)N1CCN(CC(=O)N2CCCCC2)CC1. The molecule has 3 rings (SSSR count). The zero-order valence-electron chi connectivity index (χ0n) is 16.3. The maximum Gasteiger partial charge on any atom is 0.241 e. The second kappa shape index (κ2) is 9.43. The van der Waals surface area contributed by atoms with Crippen molar-refractivity contribution in [3.8, 4) is 0 Å². The van der Waals surface area contributed by atoms with Crippen LogP contribution in [0.3, 0.4) is 0 Å². The van der Waals surface area contributed by atoms with Crippen molar-refractivity contribution in [1.82, 2.24) is 14.7 Å². The summed E-state index contributed by atoms with van der Waals surface area (Å²) in [5.74, 6) is -1.62. The first-order valence-corrected chi connectivity index (χ1v) is 9.94. The Hall–Kier alpha value is -2.06. The number of benzene rings is 1. The van der Waals surface area contributed by atoms with E-state index in [-0.39, 0.29) is 17.5 Å². The zero-order chi connectivity index (χ0) is 20.1. The van der Waals surface area contributed by atoms with Gasteiger partial charge in [-0.15, -0.1) is 0 Å². The van der Waals surface area contributed by atoms with Gasteiger partial charge in [0.25, 0.3) is 0 Å². The molecule has 1 N–H and O–H groups in total. The number of hydrogen-bond acceptors (Lipinski definition) is 4. The van der Waals surface area contributed by atoms with Crippen molar-refractivity contribution >= 4 is 17.5 Å². The highest BCUT2D eigenvalue weighted by molar-refractivity contribution is 5.94. The number of hydrogen-bond donors (Lipinski definition) is 1. The Labute approximate surface area is 164 Å². The predicted molar refractivity (Wildman–Crippen MR) is 103 cm³/mol. The first kappa shape index (κ1) is 20.7. The van der Waals surface area contributed by atoms with E-state index in [9.17, 15) is 18.4 Å². The summed E-state index contributed by atoms with van der Waals surface area (Å²) < 4.78 is 26.7. The molecule has 8 heteroatoms. The number of nitrogens with one attached hydrogen (secondary N) is 1. The van der Waals surface area contributed by atoms with Crippen molar-refractivity contribution < 1.29 is 18.4 Å². The van der Waals surface area contributed by atoms with E-state index in [0.717, 1.165) is 38.1 Å². The zero-order valence-corrected chi connectivity index (χ0v) is 16.3. The lowest BCUT2D eigenvalue weighted by atomic mass is 10.1. The monoisotopic (exact) mass is 394 g/mol. The topological polar surface area (TPSA) is 55.9 Å². The van der Waals surface area contributed by atoms with Gasteiger partial charge in [0.2, 0.25) is 11.8 Å². The molecule has 0 radical (unpaired) electrons. The van der Waals surface area contributed by atoms with E-state index in [4.69, 9.17) is 0 Å². The summed E-state index contributed by atoms with van der Waals surface area (Å²) in [6, 6.07) is 2.64. The Bertz CT molecular complexity index is 701. The minimum atomic E-state index is -0.790. The van der Waals surface area contributed by atoms with Crippen molar-refractivity contribution in [2.24, 2.45) is 0 Å². The van der Waals surface area contributed by atoms with E-state index in [1.54, 1.807) is 6.92 Å². The minimum absolute atomic E-state index is 0.0241. The summed E-state index contributed by atoms with van der Waals surface area (Å²) in [7, 11) is 0. The van der Waals surface area contributed by atoms with Crippen LogP contribution in [0.25, 0.3) is 0 Å². The molecule has 1 aromatic carbocycles. The molecule has 1 atom stereocenters. The Kier molecular flexibility index (Phi) is 6.96. The summed E-state index contributed by atoms with van der Waals surface area (Å²) in [6.07, 6.45) is 3.37. The second-order valence-electron chi connectivity index (χ2n) is 7.54. The lowest BCUT2D eigenvalue weighted by molar-refractivity contribution is -0.134. The molecule has 0 aliphatic carbocycles. The summed E-state index contributed by atoms with van der Waals surface area (Å²) in [4.78, 5) is 30.9. The van der Waals surface area contributed by atoms with Gasteiger partial charge in [-0.2, -0.15) is 0 Å². The predicted octanol–water partition coefficient (Wildman–Crippen LogP) is 1.92. The van der Waals surface area contributed by atoms with Crippen LogP contribution in [0, 0.1) is 11.6 Å². The van der Waals surface area contributed by atoms with Crippen LogP contribution in [0.1, 0.15) is 26.2 Å². The molecule has 154 valence electrons. The molecule has 2 aliphatic rings. The number of nitrogens with zero attached hydrogens (tertiary/aromatic N) is 3. The van der Waals surface area contributed by atoms with Crippen LogP contribution in [0.5, 0.6) is 0 Å². The Morgan fingerprint density at radius 2 is 1.71 bits per heavy atom. The molecule has 1 aromatic rings. The third-order valence-corrected chi connectivity index (χ3v) is 5.59. The first-order valence-electron chi connectivity index (χ1n) is 9.94. The van der Waals surface area contributed by atoms with E-state index in [0.29, 0.717) is 32.7 Å². The van der Waals surface area contributed by atoms with Gasteiger partial charge in [0, 0.05) is 45.3 Å². The van der Waals surface area contributed by atoms with E-state index >= 15 is 0 Å². The second-order valence-corrected chi connectivity index (χ2v) is 7.54. The molecule has 0 aromatic heterocycles. The molecule has 0 bridgehead atoms. The lowest BCUT2D eigenvalue weighted by Gasteiger charge is -2.38. The van der Waals surface area contributed by atoms with Crippen LogP contribution in [0.15, 0.2) is 18.2 Å². The van der Waals surface area contributed by atoms with Crippen molar-refractivity contribution in [3.63, 3.8) is 0 Å². The van der Waals surface area contributed by atoms with Crippen LogP contribution in [-0.2, 0) is 9.59 Å². The van der Waals surface area contributed by atoms with Gasteiger partial charge in [-0.05, 0) is 38.3 Å². The molecule has 0 spiro atoms. The van der Waals surface area contributed by atoms with Gasteiger partial charge >= 0.3 is 0 Å². The van der Waals surface area contributed by atoms with Crippen molar-refractivity contribution in [2.75, 3.05) is 51.1 Å². The molecule has 2 aliphatic heterocycles. The van der Waals surface area contributed by atoms with Gasteiger partial charge in [0.05, 0.1) is 18.3 Å².